The monoisotopic (exact) mass is 416 g/mol. The van der Waals surface area contributed by atoms with Gasteiger partial charge in [0.1, 0.15) is 5.75 Å². The third-order valence-corrected chi connectivity index (χ3v) is 4.07. The van der Waals surface area contributed by atoms with Gasteiger partial charge in [0.2, 0.25) is 0 Å². The molecule has 0 aliphatic heterocycles. The number of amides is 1. The van der Waals surface area contributed by atoms with Gasteiger partial charge >= 0.3 is 0 Å². The topological polar surface area (TPSA) is 94.6 Å². The van der Waals surface area contributed by atoms with Crippen molar-refractivity contribution in [3.8, 4) is 23.3 Å². The Bertz CT molecular complexity index is 888. The van der Waals surface area contributed by atoms with Crippen molar-refractivity contribution in [2.75, 3.05) is 20.8 Å². The number of halogens is 1. The number of ether oxygens (including phenoxy) is 3. The van der Waals surface area contributed by atoms with Crippen molar-refractivity contribution >= 4 is 33.5 Å². The first-order valence-electron chi connectivity index (χ1n) is 7.53. The number of benzene rings is 2. The Kier molecular flexibility index (Phi) is 6.64. The maximum atomic E-state index is 10.8. The predicted octanol–water partition coefficient (Wildman–Crippen LogP) is 3.39. The molecule has 0 heterocycles. The zero-order valence-electron chi connectivity index (χ0n) is 14.3. The van der Waals surface area contributed by atoms with Crippen LogP contribution in [-0.2, 0) is 4.79 Å². The van der Waals surface area contributed by atoms with E-state index in [0.717, 1.165) is 5.56 Å². The van der Waals surface area contributed by atoms with E-state index in [4.69, 9.17) is 19.9 Å². The van der Waals surface area contributed by atoms with Gasteiger partial charge in [-0.3, -0.25) is 4.79 Å². The molecule has 26 heavy (non-hydrogen) atoms. The van der Waals surface area contributed by atoms with Crippen molar-refractivity contribution < 1.29 is 19.0 Å². The van der Waals surface area contributed by atoms with Gasteiger partial charge in [-0.1, -0.05) is 6.07 Å². The molecule has 0 bridgehead atoms. The summed E-state index contributed by atoms with van der Waals surface area (Å²) in [5, 5.41) is 9.52. The molecule has 0 aliphatic carbocycles. The lowest BCUT2D eigenvalue weighted by molar-refractivity contribution is -0.119. The molecule has 0 saturated carbocycles. The molecule has 7 heteroatoms. The highest BCUT2D eigenvalue weighted by Crippen LogP contribution is 2.32. The zero-order valence-corrected chi connectivity index (χ0v) is 15.9. The molecule has 0 radical (unpaired) electrons. The number of allylic oxidation sites excluding steroid dienone is 1. The van der Waals surface area contributed by atoms with Crippen molar-refractivity contribution in [1.29, 1.82) is 5.26 Å². The van der Waals surface area contributed by atoms with Crippen LogP contribution in [0.25, 0.3) is 11.6 Å². The smallest absolute Gasteiger partial charge is 0.255 e. The SMILES string of the molecule is COc1ccc(/C(C#N)=C/c2ccc(OCC(N)=O)c(Br)c2)cc1OC. The third-order valence-electron chi connectivity index (χ3n) is 3.45. The highest BCUT2D eigenvalue weighted by molar-refractivity contribution is 9.10. The minimum atomic E-state index is -0.555. The largest absolute Gasteiger partial charge is 0.493 e. The molecule has 6 nitrogen and oxygen atoms in total. The van der Waals surface area contributed by atoms with Crippen molar-refractivity contribution in [2.24, 2.45) is 5.73 Å². The number of carbonyl (C=O) groups excluding carboxylic acids is 1. The molecule has 2 rings (SSSR count). The lowest BCUT2D eigenvalue weighted by Crippen LogP contribution is -2.20. The second-order valence-corrected chi connectivity index (χ2v) is 6.04. The van der Waals surface area contributed by atoms with Crippen LogP contribution in [0.2, 0.25) is 0 Å². The van der Waals surface area contributed by atoms with Crippen molar-refractivity contribution in [1.82, 2.24) is 0 Å². The Morgan fingerprint density at radius 3 is 2.42 bits per heavy atom. The van der Waals surface area contributed by atoms with E-state index in [2.05, 4.69) is 22.0 Å². The van der Waals surface area contributed by atoms with Gasteiger partial charge < -0.3 is 19.9 Å². The fraction of sp³-hybridized carbons (Fsp3) is 0.158. The maximum Gasteiger partial charge on any atom is 0.255 e. The fourth-order valence-corrected chi connectivity index (χ4v) is 2.73. The Morgan fingerprint density at radius 2 is 1.85 bits per heavy atom. The predicted molar refractivity (Wildman–Crippen MR) is 102 cm³/mol. The number of carbonyl (C=O) groups is 1. The first-order valence-corrected chi connectivity index (χ1v) is 8.32. The first-order chi connectivity index (χ1) is 12.5. The Balaban J connectivity index is 2.33. The summed E-state index contributed by atoms with van der Waals surface area (Å²) in [6, 6.07) is 12.7. The van der Waals surface area contributed by atoms with Gasteiger partial charge in [-0.05, 0) is 63.5 Å². The normalized spacial score (nSPS) is 10.8. The summed E-state index contributed by atoms with van der Waals surface area (Å²) >= 11 is 3.38. The van der Waals surface area contributed by atoms with Crippen LogP contribution < -0.4 is 19.9 Å². The van der Waals surface area contributed by atoms with Crippen LogP contribution >= 0.6 is 15.9 Å². The van der Waals surface area contributed by atoms with Crippen LogP contribution in [0, 0.1) is 11.3 Å². The summed E-state index contributed by atoms with van der Waals surface area (Å²) in [6.45, 7) is -0.205. The summed E-state index contributed by atoms with van der Waals surface area (Å²) in [6.07, 6.45) is 1.74. The quantitative estimate of drug-likeness (QED) is 0.551. The Labute approximate surface area is 159 Å². The molecule has 2 aromatic rings. The van der Waals surface area contributed by atoms with Crippen LogP contribution in [0.4, 0.5) is 0 Å². The number of primary amides is 1. The van der Waals surface area contributed by atoms with E-state index in [1.54, 1.807) is 56.7 Å². The van der Waals surface area contributed by atoms with Crippen LogP contribution in [0.3, 0.4) is 0 Å². The molecule has 0 atom stereocenters. The summed E-state index contributed by atoms with van der Waals surface area (Å²) in [4.78, 5) is 10.8. The standard InChI is InChI=1S/C19H17BrN2O4/c1-24-17-6-4-13(9-18(17)25-2)14(10-21)7-12-3-5-16(15(20)8-12)26-11-19(22)23/h3-9H,11H2,1-2H3,(H2,22,23)/b14-7+. The molecule has 0 aromatic heterocycles. The molecule has 134 valence electrons. The highest BCUT2D eigenvalue weighted by atomic mass is 79.9. The molecule has 0 saturated heterocycles. The molecule has 0 spiro atoms. The fourth-order valence-electron chi connectivity index (χ4n) is 2.22. The van der Waals surface area contributed by atoms with Crippen molar-refractivity contribution in [2.45, 2.75) is 0 Å². The van der Waals surface area contributed by atoms with Gasteiger partial charge in [0.25, 0.3) is 5.91 Å². The van der Waals surface area contributed by atoms with Crippen LogP contribution in [0.15, 0.2) is 40.9 Å². The molecule has 1 amide bonds. The summed E-state index contributed by atoms with van der Waals surface area (Å²) < 4.78 is 16.4. The van der Waals surface area contributed by atoms with E-state index in [-0.39, 0.29) is 6.61 Å². The Morgan fingerprint density at radius 1 is 1.15 bits per heavy atom. The van der Waals surface area contributed by atoms with Gasteiger partial charge in [0.05, 0.1) is 30.3 Å². The lowest BCUT2D eigenvalue weighted by Gasteiger charge is -2.09. The van der Waals surface area contributed by atoms with Gasteiger partial charge in [-0.15, -0.1) is 0 Å². The average Bonchev–Trinajstić information content (AvgIpc) is 2.64. The molecular formula is C19H17BrN2O4. The minimum absolute atomic E-state index is 0.205. The maximum absolute atomic E-state index is 10.8. The number of methoxy groups -OCH3 is 2. The van der Waals surface area contributed by atoms with E-state index in [1.165, 1.54) is 0 Å². The van der Waals surface area contributed by atoms with Gasteiger partial charge in [-0.2, -0.15) is 5.26 Å². The average molecular weight is 417 g/mol. The van der Waals surface area contributed by atoms with Gasteiger partial charge in [0.15, 0.2) is 18.1 Å². The summed E-state index contributed by atoms with van der Waals surface area (Å²) in [5.74, 6) is 1.07. The summed E-state index contributed by atoms with van der Waals surface area (Å²) in [5.41, 5.74) is 7.02. The van der Waals surface area contributed by atoms with E-state index in [0.29, 0.717) is 32.9 Å². The van der Waals surface area contributed by atoms with Crippen LogP contribution in [0.1, 0.15) is 11.1 Å². The van der Waals surface area contributed by atoms with E-state index < -0.39 is 5.91 Å². The summed E-state index contributed by atoms with van der Waals surface area (Å²) in [7, 11) is 3.09. The number of nitrogens with two attached hydrogens (primary N) is 1. The Hall–Kier alpha value is -2.98. The number of nitrogens with zero attached hydrogens (tertiary/aromatic N) is 1. The molecule has 2 aromatic carbocycles. The first kappa shape index (κ1) is 19.3. The van der Waals surface area contributed by atoms with Gasteiger partial charge in [-0.25, -0.2) is 0 Å². The minimum Gasteiger partial charge on any atom is -0.493 e. The second-order valence-electron chi connectivity index (χ2n) is 5.18. The lowest BCUT2D eigenvalue weighted by atomic mass is 10.0. The second kappa shape index (κ2) is 8.92. The van der Waals surface area contributed by atoms with E-state index >= 15 is 0 Å². The van der Waals surface area contributed by atoms with Crippen LogP contribution in [0.5, 0.6) is 17.2 Å². The van der Waals surface area contributed by atoms with Gasteiger partial charge in [0, 0.05) is 0 Å². The highest BCUT2D eigenvalue weighted by Gasteiger charge is 2.09. The zero-order chi connectivity index (χ0) is 19.1. The van der Waals surface area contributed by atoms with Crippen molar-refractivity contribution in [3.05, 3.63) is 52.0 Å². The number of nitriles is 1. The van der Waals surface area contributed by atoms with E-state index in [9.17, 15) is 10.1 Å². The third kappa shape index (κ3) is 4.77. The number of hydrogen-bond acceptors (Lipinski definition) is 5. The van der Waals surface area contributed by atoms with Crippen molar-refractivity contribution in [3.63, 3.8) is 0 Å². The van der Waals surface area contributed by atoms with Crippen LogP contribution in [-0.4, -0.2) is 26.7 Å². The molecule has 0 aliphatic rings. The van der Waals surface area contributed by atoms with E-state index in [1.807, 2.05) is 0 Å². The molecule has 0 unspecified atom stereocenters. The number of hydrogen-bond donors (Lipinski definition) is 1. The molecule has 0 fully saturated rings. The number of rotatable bonds is 7. The molecule has 2 N–H and O–H groups in total. The molecular weight excluding hydrogens is 400 g/mol.